The number of rotatable bonds is 6. The minimum atomic E-state index is 0.335. The summed E-state index contributed by atoms with van der Waals surface area (Å²) in [5.41, 5.74) is 3.94. The van der Waals surface area contributed by atoms with Gasteiger partial charge in [-0.2, -0.15) is 0 Å². The van der Waals surface area contributed by atoms with Gasteiger partial charge in [0.15, 0.2) is 0 Å². The summed E-state index contributed by atoms with van der Waals surface area (Å²) in [7, 11) is 0. The lowest BCUT2D eigenvalue weighted by Crippen LogP contribution is -2.24. The Labute approximate surface area is 115 Å². The van der Waals surface area contributed by atoms with Gasteiger partial charge in [-0.05, 0) is 44.9 Å². The van der Waals surface area contributed by atoms with Crippen molar-refractivity contribution in [1.29, 1.82) is 0 Å². The molecule has 2 rings (SSSR count). The highest BCUT2D eigenvalue weighted by molar-refractivity contribution is 5.26. The summed E-state index contributed by atoms with van der Waals surface area (Å²) >= 11 is 0. The first kappa shape index (κ1) is 13.9. The van der Waals surface area contributed by atoms with Gasteiger partial charge in [-0.25, -0.2) is 0 Å². The van der Waals surface area contributed by atoms with Crippen molar-refractivity contribution >= 4 is 0 Å². The Kier molecular flexibility index (Phi) is 4.80. The third kappa shape index (κ3) is 3.71. The van der Waals surface area contributed by atoms with E-state index < -0.39 is 0 Å². The van der Waals surface area contributed by atoms with Crippen LogP contribution in [-0.2, 0) is 6.42 Å². The highest BCUT2D eigenvalue weighted by Gasteiger charge is 2.15. The molecule has 0 aliphatic heterocycles. The van der Waals surface area contributed by atoms with E-state index in [0.29, 0.717) is 6.04 Å². The fourth-order valence-electron chi connectivity index (χ4n) is 2.33. The van der Waals surface area contributed by atoms with Crippen LogP contribution < -0.4 is 5.32 Å². The van der Waals surface area contributed by atoms with Gasteiger partial charge in [0, 0.05) is 11.6 Å². The topological polar surface area (TPSA) is 25.2 Å². The molecule has 0 saturated heterocycles. The molecule has 2 nitrogen and oxygen atoms in total. The molecular weight excluding hydrogens is 234 g/mol. The van der Waals surface area contributed by atoms with Crippen LogP contribution in [-0.4, -0.2) is 6.54 Å². The van der Waals surface area contributed by atoms with E-state index >= 15 is 0 Å². The number of benzene rings is 1. The van der Waals surface area contributed by atoms with Gasteiger partial charge in [-0.15, -0.1) is 0 Å². The second-order valence-corrected chi connectivity index (χ2v) is 5.13. The summed E-state index contributed by atoms with van der Waals surface area (Å²) in [6.07, 6.45) is 3.92. The molecule has 0 saturated carbocycles. The lowest BCUT2D eigenvalue weighted by atomic mass is 9.98. The van der Waals surface area contributed by atoms with Gasteiger partial charge in [-0.1, -0.05) is 36.8 Å². The Morgan fingerprint density at radius 2 is 1.84 bits per heavy atom. The van der Waals surface area contributed by atoms with Crippen molar-refractivity contribution in [2.24, 2.45) is 0 Å². The molecule has 102 valence electrons. The fourth-order valence-corrected chi connectivity index (χ4v) is 2.33. The highest BCUT2D eigenvalue weighted by atomic mass is 16.3. The van der Waals surface area contributed by atoms with E-state index in [9.17, 15) is 0 Å². The van der Waals surface area contributed by atoms with Crippen LogP contribution in [0.3, 0.4) is 0 Å². The van der Waals surface area contributed by atoms with E-state index in [0.717, 1.165) is 25.1 Å². The first-order valence-corrected chi connectivity index (χ1v) is 7.03. The molecule has 1 heterocycles. The summed E-state index contributed by atoms with van der Waals surface area (Å²) in [5.74, 6) is 1.01. The summed E-state index contributed by atoms with van der Waals surface area (Å²) in [6.45, 7) is 7.38. The molecule has 0 fully saturated rings. The van der Waals surface area contributed by atoms with E-state index in [4.69, 9.17) is 4.42 Å². The van der Waals surface area contributed by atoms with Crippen LogP contribution in [0.4, 0.5) is 0 Å². The van der Waals surface area contributed by atoms with Crippen LogP contribution in [0, 0.1) is 13.8 Å². The van der Waals surface area contributed by atoms with E-state index in [2.05, 4.69) is 49.5 Å². The third-order valence-electron chi connectivity index (χ3n) is 3.48. The Balaban J connectivity index is 2.14. The molecule has 2 heteroatoms. The van der Waals surface area contributed by atoms with Gasteiger partial charge in [-0.3, -0.25) is 0 Å². The maximum absolute atomic E-state index is 5.44. The Bertz CT molecular complexity index is 498. The van der Waals surface area contributed by atoms with Gasteiger partial charge >= 0.3 is 0 Å². The lowest BCUT2D eigenvalue weighted by Gasteiger charge is -2.18. The van der Waals surface area contributed by atoms with Gasteiger partial charge < -0.3 is 9.73 Å². The first-order valence-electron chi connectivity index (χ1n) is 7.03. The molecule has 0 amide bonds. The van der Waals surface area contributed by atoms with Crippen LogP contribution in [0.1, 0.15) is 41.8 Å². The average molecular weight is 257 g/mol. The molecule has 0 bridgehead atoms. The molecule has 1 aromatic heterocycles. The van der Waals surface area contributed by atoms with Crippen molar-refractivity contribution < 1.29 is 4.42 Å². The zero-order valence-electron chi connectivity index (χ0n) is 12.1. The Morgan fingerprint density at radius 3 is 2.42 bits per heavy atom. The van der Waals surface area contributed by atoms with Crippen molar-refractivity contribution in [3.63, 3.8) is 0 Å². The standard InChI is InChI=1S/C17H23NO/c1-4-10-18-17(16-9-11-19-14(16)3)12-15-7-5-13(2)6-8-15/h5-9,11,17-18H,4,10,12H2,1-3H3. The van der Waals surface area contributed by atoms with Gasteiger partial charge in [0.1, 0.15) is 5.76 Å². The minimum absolute atomic E-state index is 0.335. The van der Waals surface area contributed by atoms with Crippen LogP contribution >= 0.6 is 0 Å². The molecule has 1 aromatic carbocycles. The Morgan fingerprint density at radius 1 is 1.11 bits per heavy atom. The maximum atomic E-state index is 5.44. The Hall–Kier alpha value is -1.54. The second-order valence-electron chi connectivity index (χ2n) is 5.13. The van der Waals surface area contributed by atoms with E-state index in [1.165, 1.54) is 16.7 Å². The number of nitrogens with one attached hydrogen (secondary N) is 1. The smallest absolute Gasteiger partial charge is 0.105 e. The normalized spacial score (nSPS) is 12.6. The monoisotopic (exact) mass is 257 g/mol. The summed E-state index contributed by atoms with van der Waals surface area (Å²) in [4.78, 5) is 0. The SMILES string of the molecule is CCCNC(Cc1ccc(C)cc1)c1ccoc1C. The van der Waals surface area contributed by atoms with E-state index in [-0.39, 0.29) is 0 Å². The van der Waals surface area contributed by atoms with Crippen LogP contribution in [0.15, 0.2) is 41.0 Å². The van der Waals surface area contributed by atoms with Crippen molar-refractivity contribution in [3.8, 4) is 0 Å². The molecule has 1 atom stereocenters. The maximum Gasteiger partial charge on any atom is 0.105 e. The molecule has 1 N–H and O–H groups in total. The minimum Gasteiger partial charge on any atom is -0.469 e. The quantitative estimate of drug-likeness (QED) is 0.839. The molecule has 1 unspecified atom stereocenters. The van der Waals surface area contributed by atoms with Crippen molar-refractivity contribution in [3.05, 3.63) is 59.0 Å². The largest absolute Gasteiger partial charge is 0.469 e. The predicted molar refractivity (Wildman–Crippen MR) is 79.4 cm³/mol. The predicted octanol–water partition coefficient (Wildman–Crippen LogP) is 4.18. The van der Waals surface area contributed by atoms with Crippen LogP contribution in [0.2, 0.25) is 0 Å². The zero-order valence-corrected chi connectivity index (χ0v) is 12.1. The van der Waals surface area contributed by atoms with Crippen LogP contribution in [0.5, 0.6) is 0 Å². The average Bonchev–Trinajstić information content (AvgIpc) is 2.83. The molecule has 2 aromatic rings. The van der Waals surface area contributed by atoms with Crippen molar-refractivity contribution in [2.45, 2.75) is 39.7 Å². The van der Waals surface area contributed by atoms with Gasteiger partial charge in [0.2, 0.25) is 0 Å². The zero-order chi connectivity index (χ0) is 13.7. The number of hydrogen-bond acceptors (Lipinski definition) is 2. The molecule has 0 aliphatic carbocycles. The number of hydrogen-bond donors (Lipinski definition) is 1. The molecular formula is C17H23NO. The van der Waals surface area contributed by atoms with Gasteiger partial charge in [0.25, 0.3) is 0 Å². The van der Waals surface area contributed by atoms with Gasteiger partial charge in [0.05, 0.1) is 6.26 Å². The lowest BCUT2D eigenvalue weighted by molar-refractivity contribution is 0.494. The fraction of sp³-hybridized carbons (Fsp3) is 0.412. The van der Waals surface area contributed by atoms with E-state index in [1.807, 2.05) is 6.92 Å². The second kappa shape index (κ2) is 6.58. The first-order chi connectivity index (χ1) is 9.20. The summed E-state index contributed by atoms with van der Waals surface area (Å²) in [6, 6.07) is 11.2. The molecule has 0 aliphatic rings. The molecule has 0 spiro atoms. The highest BCUT2D eigenvalue weighted by Crippen LogP contribution is 2.23. The summed E-state index contributed by atoms with van der Waals surface area (Å²) in [5, 5.41) is 3.62. The number of aryl methyl sites for hydroxylation is 2. The van der Waals surface area contributed by atoms with Crippen LogP contribution in [0.25, 0.3) is 0 Å². The summed E-state index contributed by atoms with van der Waals surface area (Å²) < 4.78 is 5.44. The van der Waals surface area contributed by atoms with Crippen molar-refractivity contribution in [1.82, 2.24) is 5.32 Å². The molecule has 19 heavy (non-hydrogen) atoms. The van der Waals surface area contributed by atoms with Crippen molar-refractivity contribution in [2.75, 3.05) is 6.54 Å². The third-order valence-corrected chi connectivity index (χ3v) is 3.48. The van der Waals surface area contributed by atoms with E-state index in [1.54, 1.807) is 6.26 Å². The number of furan rings is 1. The molecule has 0 radical (unpaired) electrons.